The maximum atomic E-state index is 10.5. The molecule has 6 heteroatoms. The van der Waals surface area contributed by atoms with Gasteiger partial charge < -0.3 is 15.7 Å². The zero-order chi connectivity index (χ0) is 21.6. The predicted molar refractivity (Wildman–Crippen MR) is 127 cm³/mol. The summed E-state index contributed by atoms with van der Waals surface area (Å²) in [6, 6.07) is 19.8. The van der Waals surface area contributed by atoms with Gasteiger partial charge in [-0.3, -0.25) is 9.89 Å². The number of rotatable bonds is 7. The molecule has 0 aliphatic carbocycles. The number of aliphatic hydroxyl groups is 1. The van der Waals surface area contributed by atoms with Crippen molar-refractivity contribution in [1.82, 2.24) is 15.5 Å². The van der Waals surface area contributed by atoms with Crippen LogP contribution in [0.3, 0.4) is 0 Å². The number of nitrogens with one attached hydrogen (secondary N) is 2. The van der Waals surface area contributed by atoms with E-state index >= 15 is 0 Å². The maximum absolute atomic E-state index is 10.5. The van der Waals surface area contributed by atoms with E-state index in [1.54, 1.807) is 12.1 Å². The fraction of sp³-hybridized carbons (Fsp3) is 0.480. The smallest absolute Gasteiger partial charge is 0.191 e. The molecular weight excluding hydrogens is 408 g/mol. The fourth-order valence-electron chi connectivity index (χ4n) is 4.93. The number of fused-ring (bicyclic) bond motifs is 2. The highest BCUT2D eigenvalue weighted by Crippen LogP contribution is 2.36. The van der Waals surface area contributed by atoms with Gasteiger partial charge >= 0.3 is 0 Å². The number of nitrogens with zero attached hydrogens (tertiary/aromatic N) is 2. The van der Waals surface area contributed by atoms with Crippen molar-refractivity contribution in [3.8, 4) is 0 Å². The Morgan fingerprint density at radius 3 is 2.42 bits per heavy atom. The minimum absolute atomic E-state index is 0.316. The number of aliphatic imine (C=N–C) groups is 1. The van der Waals surface area contributed by atoms with Crippen LogP contribution in [0.25, 0.3) is 0 Å². The van der Waals surface area contributed by atoms with Gasteiger partial charge in [-0.25, -0.2) is 0 Å². The standard InChI is InChI=1S/C25H33ClN4O/c1-2-27-25(28-16-24(31)19-8-10-20(26)11-9-19)29-21-14-22-12-13-23(15-21)30(22)17-18-6-4-3-5-7-18/h3-11,21-24,31H,2,12-17H2,1H3,(H2,27,28,29). The molecular formula is C25H33ClN4O. The number of guanidine groups is 1. The normalized spacial score (nSPS) is 24.7. The molecule has 2 aliphatic heterocycles. The second kappa shape index (κ2) is 10.5. The Balaban J connectivity index is 1.34. The third-order valence-corrected chi connectivity index (χ3v) is 6.71. The van der Waals surface area contributed by atoms with Crippen LogP contribution in [0.4, 0.5) is 0 Å². The first-order chi connectivity index (χ1) is 15.1. The van der Waals surface area contributed by atoms with E-state index in [1.807, 2.05) is 12.1 Å². The van der Waals surface area contributed by atoms with Crippen molar-refractivity contribution >= 4 is 17.6 Å². The number of piperidine rings is 1. The maximum Gasteiger partial charge on any atom is 0.191 e. The first-order valence-electron chi connectivity index (χ1n) is 11.4. The molecule has 2 aromatic carbocycles. The van der Waals surface area contributed by atoms with Gasteiger partial charge in [-0.2, -0.15) is 0 Å². The van der Waals surface area contributed by atoms with Crippen molar-refractivity contribution in [2.45, 2.75) is 63.4 Å². The summed E-state index contributed by atoms with van der Waals surface area (Å²) < 4.78 is 0. The highest BCUT2D eigenvalue weighted by atomic mass is 35.5. The summed E-state index contributed by atoms with van der Waals surface area (Å²) in [7, 11) is 0. The van der Waals surface area contributed by atoms with E-state index in [0.29, 0.717) is 29.7 Å². The van der Waals surface area contributed by atoms with Crippen molar-refractivity contribution in [2.24, 2.45) is 4.99 Å². The van der Waals surface area contributed by atoms with Crippen LogP contribution >= 0.6 is 11.6 Å². The first-order valence-corrected chi connectivity index (χ1v) is 11.8. The number of aliphatic hydroxyl groups excluding tert-OH is 1. The Morgan fingerprint density at radius 1 is 1.10 bits per heavy atom. The third kappa shape index (κ3) is 5.79. The van der Waals surface area contributed by atoms with Crippen molar-refractivity contribution < 1.29 is 5.11 Å². The minimum atomic E-state index is -0.642. The molecule has 3 atom stereocenters. The molecule has 0 radical (unpaired) electrons. The molecule has 0 amide bonds. The predicted octanol–water partition coefficient (Wildman–Crippen LogP) is 4.12. The van der Waals surface area contributed by atoms with Crippen LogP contribution in [0.1, 0.15) is 49.8 Å². The average Bonchev–Trinajstić information content (AvgIpc) is 3.01. The van der Waals surface area contributed by atoms with Gasteiger partial charge in [-0.15, -0.1) is 0 Å². The molecule has 2 bridgehead atoms. The molecule has 3 unspecified atom stereocenters. The number of hydrogen-bond acceptors (Lipinski definition) is 3. The van der Waals surface area contributed by atoms with Crippen LogP contribution in [0.2, 0.25) is 5.02 Å². The van der Waals surface area contributed by atoms with Crippen molar-refractivity contribution in [2.75, 3.05) is 13.1 Å². The molecule has 2 aromatic rings. The Kier molecular flexibility index (Phi) is 7.49. The van der Waals surface area contributed by atoms with E-state index in [0.717, 1.165) is 37.5 Å². The van der Waals surface area contributed by atoms with Gasteiger partial charge in [-0.05, 0) is 55.9 Å². The molecule has 0 aromatic heterocycles. The Bertz CT molecular complexity index is 844. The molecule has 3 N–H and O–H groups in total. The van der Waals surface area contributed by atoms with Crippen LogP contribution < -0.4 is 10.6 Å². The summed E-state index contributed by atoms with van der Waals surface area (Å²) in [4.78, 5) is 7.36. The van der Waals surface area contributed by atoms with Gasteiger partial charge in [-0.1, -0.05) is 54.1 Å². The van der Waals surface area contributed by atoms with E-state index in [1.165, 1.54) is 18.4 Å². The third-order valence-electron chi connectivity index (χ3n) is 6.45. The van der Waals surface area contributed by atoms with E-state index in [-0.39, 0.29) is 0 Å². The zero-order valence-corrected chi connectivity index (χ0v) is 18.9. The van der Waals surface area contributed by atoms with Crippen LogP contribution in [-0.2, 0) is 6.54 Å². The molecule has 166 valence electrons. The largest absolute Gasteiger partial charge is 0.386 e. The van der Waals surface area contributed by atoms with Gasteiger partial charge in [0, 0.05) is 36.2 Å². The molecule has 5 nitrogen and oxygen atoms in total. The quantitative estimate of drug-likeness (QED) is 0.447. The van der Waals surface area contributed by atoms with Crippen molar-refractivity contribution in [3.05, 3.63) is 70.7 Å². The lowest BCUT2D eigenvalue weighted by atomic mass is 9.96. The number of halogens is 1. The van der Waals surface area contributed by atoms with Crippen LogP contribution in [0.5, 0.6) is 0 Å². The lowest BCUT2D eigenvalue weighted by molar-refractivity contribution is 0.114. The Hall–Kier alpha value is -2.08. The molecule has 0 spiro atoms. The summed E-state index contributed by atoms with van der Waals surface area (Å²) >= 11 is 5.95. The topological polar surface area (TPSA) is 59.9 Å². The summed E-state index contributed by atoms with van der Waals surface area (Å²) in [6.45, 7) is 4.22. The molecule has 4 rings (SSSR count). The summed E-state index contributed by atoms with van der Waals surface area (Å²) in [5.41, 5.74) is 2.23. The van der Waals surface area contributed by atoms with E-state index in [9.17, 15) is 5.11 Å². The first kappa shape index (κ1) is 22.1. The minimum Gasteiger partial charge on any atom is -0.386 e. The van der Waals surface area contributed by atoms with Crippen LogP contribution in [-0.4, -0.2) is 47.2 Å². The lowest BCUT2D eigenvalue weighted by Gasteiger charge is -2.39. The second-order valence-electron chi connectivity index (χ2n) is 8.64. The Labute approximate surface area is 190 Å². The molecule has 2 saturated heterocycles. The second-order valence-corrected chi connectivity index (χ2v) is 9.08. The fourth-order valence-corrected chi connectivity index (χ4v) is 5.05. The molecule has 2 heterocycles. The summed E-state index contributed by atoms with van der Waals surface area (Å²) in [5.74, 6) is 0.788. The number of benzene rings is 2. The van der Waals surface area contributed by atoms with E-state index in [4.69, 9.17) is 11.6 Å². The highest BCUT2D eigenvalue weighted by molar-refractivity contribution is 6.30. The SMILES string of the molecule is CCNC(=NCC(O)c1ccc(Cl)cc1)NC1CC2CCC(C1)N2Cc1ccccc1. The summed E-state index contributed by atoms with van der Waals surface area (Å²) in [5, 5.41) is 18.1. The Morgan fingerprint density at radius 2 is 1.77 bits per heavy atom. The van der Waals surface area contributed by atoms with E-state index in [2.05, 4.69) is 57.8 Å². The summed E-state index contributed by atoms with van der Waals surface area (Å²) in [6.07, 6.45) is 4.18. The molecule has 2 aliphatic rings. The molecule has 31 heavy (non-hydrogen) atoms. The number of hydrogen-bond donors (Lipinski definition) is 3. The van der Waals surface area contributed by atoms with Crippen molar-refractivity contribution in [3.63, 3.8) is 0 Å². The monoisotopic (exact) mass is 440 g/mol. The van der Waals surface area contributed by atoms with Gasteiger partial charge in [0.05, 0.1) is 12.6 Å². The average molecular weight is 441 g/mol. The van der Waals surface area contributed by atoms with Gasteiger partial charge in [0.15, 0.2) is 5.96 Å². The van der Waals surface area contributed by atoms with Gasteiger partial charge in [0.25, 0.3) is 0 Å². The molecule has 0 saturated carbocycles. The highest BCUT2D eigenvalue weighted by Gasteiger charge is 2.40. The zero-order valence-electron chi connectivity index (χ0n) is 18.2. The molecule has 2 fully saturated rings. The van der Waals surface area contributed by atoms with Crippen LogP contribution in [0.15, 0.2) is 59.6 Å². The van der Waals surface area contributed by atoms with E-state index < -0.39 is 6.10 Å². The van der Waals surface area contributed by atoms with Crippen LogP contribution in [0, 0.1) is 0 Å². The lowest BCUT2D eigenvalue weighted by Crippen LogP contribution is -2.52. The van der Waals surface area contributed by atoms with Gasteiger partial charge in [0.1, 0.15) is 0 Å². The van der Waals surface area contributed by atoms with Gasteiger partial charge in [0.2, 0.25) is 0 Å². The van der Waals surface area contributed by atoms with Crippen molar-refractivity contribution in [1.29, 1.82) is 0 Å².